The number of carbonyl (C=O) groups excluding carboxylic acids is 1. The average Bonchev–Trinajstić information content (AvgIpc) is 2.02. The second kappa shape index (κ2) is 5.95. The molecule has 0 saturated carbocycles. The van der Waals surface area contributed by atoms with Crippen LogP contribution in [0.15, 0.2) is 0 Å². The molecule has 1 amide bonds. The van der Waals surface area contributed by atoms with Gasteiger partial charge in [0.25, 0.3) is 0 Å². The van der Waals surface area contributed by atoms with Gasteiger partial charge in [0, 0.05) is 5.33 Å². The lowest BCUT2D eigenvalue weighted by atomic mass is 10.2. The summed E-state index contributed by atoms with van der Waals surface area (Å²) in [6, 6.07) is 0. The van der Waals surface area contributed by atoms with Gasteiger partial charge in [0.1, 0.15) is 4.32 Å². The Bertz CT molecular complexity index is 215. The number of halogens is 5. The number of carbonyl (C=O) groups is 1. The molecule has 3 nitrogen and oxygen atoms in total. The molecule has 0 aliphatic heterocycles. The lowest BCUT2D eigenvalue weighted by Gasteiger charge is -2.25. The van der Waals surface area contributed by atoms with Gasteiger partial charge >= 0.3 is 0 Å². The minimum Gasteiger partial charge on any atom is -0.370 e. The van der Waals surface area contributed by atoms with Crippen molar-refractivity contribution >= 4 is 85.6 Å². The summed E-state index contributed by atoms with van der Waals surface area (Å²) in [5.74, 6) is -0.315. The number of nitrogens with one attached hydrogen (secondary N) is 1. The average molecular weight is 526 g/mol. The Morgan fingerprint density at radius 2 is 1.86 bits per heavy atom. The van der Waals surface area contributed by atoms with Crippen molar-refractivity contribution < 1.29 is 9.90 Å². The molecule has 2 atom stereocenters. The van der Waals surface area contributed by atoms with Crippen LogP contribution in [0, 0.1) is 0 Å². The lowest BCUT2D eigenvalue weighted by molar-refractivity contribution is -0.125. The maximum atomic E-state index is 11.5. The summed E-state index contributed by atoms with van der Waals surface area (Å²) in [5, 5.41) is 12.4. The van der Waals surface area contributed by atoms with Crippen LogP contribution in [0.25, 0.3) is 0 Å². The zero-order valence-electron chi connectivity index (χ0n) is 7.03. The van der Waals surface area contributed by atoms with E-state index in [1.54, 1.807) is 6.92 Å². The maximum absolute atomic E-state index is 11.5. The summed E-state index contributed by atoms with van der Waals surface area (Å²) >= 11 is 15.7. The van der Waals surface area contributed by atoms with Gasteiger partial charge < -0.3 is 10.4 Å². The highest BCUT2D eigenvalue weighted by atomic mass is 80.0. The third-order valence-electron chi connectivity index (χ3n) is 1.30. The van der Waals surface area contributed by atoms with Crippen molar-refractivity contribution in [3.05, 3.63) is 0 Å². The Hall–Kier alpha value is 1.83. The monoisotopic (exact) mass is 521 g/mol. The van der Waals surface area contributed by atoms with Crippen LogP contribution in [0.2, 0.25) is 0 Å². The van der Waals surface area contributed by atoms with E-state index in [0.717, 1.165) is 0 Å². The van der Waals surface area contributed by atoms with Gasteiger partial charge in [-0.2, -0.15) is 0 Å². The summed E-state index contributed by atoms with van der Waals surface area (Å²) in [7, 11) is 0. The Balaban J connectivity index is 4.35. The Morgan fingerprint density at radius 3 is 2.14 bits per heavy atom. The number of aliphatic hydroxyl groups is 1. The first-order valence-corrected chi connectivity index (χ1v) is 7.71. The number of hydrogen-bond acceptors (Lipinski definition) is 2. The molecule has 0 heterocycles. The fraction of sp³-hybridized carbons (Fsp3) is 0.833. The highest BCUT2D eigenvalue weighted by Crippen LogP contribution is 2.36. The van der Waals surface area contributed by atoms with Crippen LogP contribution in [-0.4, -0.2) is 29.0 Å². The van der Waals surface area contributed by atoms with Crippen LogP contribution in [0.5, 0.6) is 0 Å². The van der Waals surface area contributed by atoms with Gasteiger partial charge in [-0.3, -0.25) is 4.79 Å². The molecule has 0 rings (SSSR count). The predicted molar refractivity (Wildman–Crippen MR) is 74.8 cm³/mol. The first kappa shape index (κ1) is 15.8. The van der Waals surface area contributed by atoms with Crippen LogP contribution in [0.4, 0.5) is 0 Å². The second-order valence-electron chi connectivity index (χ2n) is 2.75. The van der Waals surface area contributed by atoms with Crippen molar-refractivity contribution in [2.24, 2.45) is 0 Å². The van der Waals surface area contributed by atoms with E-state index in [1.165, 1.54) is 0 Å². The Kier molecular flexibility index (Phi) is 6.73. The standard InChI is InChI=1S/C6H8Br5NO2/c1-5(8,2-7)3(13)12-4(14)6(9,10)11/h4,14H,2H2,1H3,(H,12,13). The van der Waals surface area contributed by atoms with Crippen molar-refractivity contribution in [3.63, 3.8) is 0 Å². The normalized spacial score (nSPS) is 18.5. The lowest BCUT2D eigenvalue weighted by Crippen LogP contribution is -2.50. The molecule has 0 saturated heterocycles. The molecule has 0 radical (unpaired) electrons. The summed E-state index contributed by atoms with van der Waals surface area (Å²) in [4.78, 5) is 11.5. The van der Waals surface area contributed by atoms with Gasteiger partial charge in [-0.25, -0.2) is 0 Å². The largest absolute Gasteiger partial charge is 0.370 e. The predicted octanol–water partition coefficient (Wildman–Crippen LogP) is 2.81. The van der Waals surface area contributed by atoms with Crippen molar-refractivity contribution in [3.8, 4) is 0 Å². The number of rotatable bonds is 3. The van der Waals surface area contributed by atoms with Gasteiger partial charge in [-0.15, -0.1) is 0 Å². The molecule has 0 aliphatic rings. The molecule has 0 aromatic carbocycles. The zero-order chi connectivity index (χ0) is 11.6. The van der Waals surface area contributed by atoms with Crippen molar-refractivity contribution in [2.45, 2.75) is 19.6 Å². The van der Waals surface area contributed by atoms with E-state index in [1.807, 2.05) is 0 Å². The highest BCUT2D eigenvalue weighted by molar-refractivity contribution is 9.39. The van der Waals surface area contributed by atoms with E-state index in [2.05, 4.69) is 85.0 Å². The molecular weight excluding hydrogens is 518 g/mol. The van der Waals surface area contributed by atoms with Gasteiger partial charge in [0.15, 0.2) is 8.37 Å². The quantitative estimate of drug-likeness (QED) is 0.440. The molecule has 0 aliphatic carbocycles. The third-order valence-corrected chi connectivity index (χ3v) is 5.12. The van der Waals surface area contributed by atoms with E-state index < -0.39 is 12.7 Å². The van der Waals surface area contributed by atoms with E-state index in [-0.39, 0.29) is 5.91 Å². The molecule has 0 fully saturated rings. The third kappa shape index (κ3) is 5.25. The molecule has 2 unspecified atom stereocenters. The summed E-state index contributed by atoms with van der Waals surface area (Å²) < 4.78 is -1.66. The molecule has 2 N–H and O–H groups in total. The summed E-state index contributed by atoms with van der Waals surface area (Å²) in [6.07, 6.45) is -1.09. The maximum Gasteiger partial charge on any atom is 0.239 e. The van der Waals surface area contributed by atoms with E-state index in [4.69, 9.17) is 0 Å². The van der Waals surface area contributed by atoms with Crippen molar-refractivity contribution in [1.82, 2.24) is 5.32 Å². The van der Waals surface area contributed by atoms with Gasteiger partial charge in [-0.05, 0) is 6.92 Å². The fourth-order valence-electron chi connectivity index (χ4n) is 0.417. The summed E-state index contributed by atoms with van der Waals surface area (Å²) in [5.41, 5.74) is 0. The van der Waals surface area contributed by atoms with Gasteiger partial charge in [-0.1, -0.05) is 79.6 Å². The molecule has 0 aromatic heterocycles. The van der Waals surface area contributed by atoms with Gasteiger partial charge in [0.05, 0.1) is 0 Å². The first-order valence-electron chi connectivity index (χ1n) is 3.42. The molecular formula is C6H8Br5NO2. The van der Waals surface area contributed by atoms with Crippen molar-refractivity contribution in [2.75, 3.05) is 5.33 Å². The number of alkyl halides is 5. The summed E-state index contributed by atoms with van der Waals surface area (Å²) in [6.45, 7) is 1.70. The molecule has 0 aromatic rings. The topological polar surface area (TPSA) is 49.3 Å². The smallest absolute Gasteiger partial charge is 0.239 e. The first-order chi connectivity index (χ1) is 6.11. The van der Waals surface area contributed by atoms with E-state index in [9.17, 15) is 9.90 Å². The molecule has 84 valence electrons. The second-order valence-corrected chi connectivity index (χ2v) is 12.0. The Labute approximate surface area is 124 Å². The number of hydrogen-bond donors (Lipinski definition) is 2. The molecule has 0 bridgehead atoms. The van der Waals surface area contributed by atoms with Gasteiger partial charge in [0.2, 0.25) is 5.91 Å². The van der Waals surface area contributed by atoms with Crippen LogP contribution in [-0.2, 0) is 4.79 Å². The minimum atomic E-state index is -1.09. The van der Waals surface area contributed by atoms with Crippen molar-refractivity contribution in [1.29, 1.82) is 0 Å². The van der Waals surface area contributed by atoms with Crippen LogP contribution in [0.1, 0.15) is 6.92 Å². The fourth-order valence-corrected chi connectivity index (χ4v) is 1.13. The molecule has 0 spiro atoms. The van der Waals surface area contributed by atoms with E-state index >= 15 is 0 Å². The number of aliphatic hydroxyl groups excluding tert-OH is 1. The van der Waals surface area contributed by atoms with Crippen LogP contribution < -0.4 is 5.32 Å². The Morgan fingerprint density at radius 1 is 1.43 bits per heavy atom. The SMILES string of the molecule is CC(Br)(CBr)C(=O)NC(O)C(Br)(Br)Br. The zero-order valence-corrected chi connectivity index (χ0v) is 15.0. The molecule has 14 heavy (non-hydrogen) atoms. The minimum absolute atomic E-state index is 0.315. The number of amides is 1. The molecule has 8 heteroatoms. The van der Waals surface area contributed by atoms with Crippen LogP contribution >= 0.6 is 79.6 Å². The van der Waals surface area contributed by atoms with Crippen LogP contribution in [0.3, 0.4) is 0 Å². The highest BCUT2D eigenvalue weighted by Gasteiger charge is 2.35. The van der Waals surface area contributed by atoms with E-state index in [0.29, 0.717) is 5.33 Å².